The van der Waals surface area contributed by atoms with Crippen molar-refractivity contribution >= 4 is 28.2 Å². The van der Waals surface area contributed by atoms with Crippen molar-refractivity contribution in [1.29, 1.82) is 0 Å². The van der Waals surface area contributed by atoms with E-state index >= 15 is 0 Å². The Hall–Kier alpha value is -4.99. The van der Waals surface area contributed by atoms with Crippen molar-refractivity contribution < 1.29 is 9.53 Å². The molecular formula is C26H23N7O3. The molecule has 0 spiro atoms. The average molecular weight is 482 g/mol. The van der Waals surface area contributed by atoms with Gasteiger partial charge in [-0.2, -0.15) is 10.2 Å². The summed E-state index contributed by atoms with van der Waals surface area (Å²) >= 11 is 0. The lowest BCUT2D eigenvalue weighted by Crippen LogP contribution is -2.25. The molecule has 0 atom stereocenters. The molecule has 5 aromatic rings. The van der Waals surface area contributed by atoms with Gasteiger partial charge in [-0.15, -0.1) is 0 Å². The number of aromatic nitrogens is 5. The molecule has 36 heavy (non-hydrogen) atoms. The number of nitrogens with zero attached hydrogens (tertiary/aromatic N) is 5. The topological polar surface area (TPSA) is 130 Å². The summed E-state index contributed by atoms with van der Waals surface area (Å²) in [4.78, 5) is 29.4. The molecular weight excluding hydrogens is 458 g/mol. The first kappa shape index (κ1) is 22.8. The fourth-order valence-corrected chi connectivity index (χ4v) is 3.75. The van der Waals surface area contributed by atoms with Gasteiger partial charge in [0, 0.05) is 42.0 Å². The Morgan fingerprint density at radius 3 is 2.78 bits per heavy atom. The summed E-state index contributed by atoms with van der Waals surface area (Å²) in [5.74, 6) is 0.303. The molecule has 0 aliphatic carbocycles. The maximum atomic E-state index is 12.7. The number of ether oxygens (including phenoxy) is 1. The molecule has 1 amide bonds. The molecule has 0 fully saturated rings. The molecule has 3 N–H and O–H groups in total. The Bertz CT molecular complexity index is 1620. The third kappa shape index (κ3) is 4.78. The first-order valence-electron chi connectivity index (χ1n) is 11.2. The predicted octanol–water partition coefficient (Wildman–Crippen LogP) is 3.11. The van der Waals surface area contributed by atoms with Crippen molar-refractivity contribution in [2.24, 2.45) is 7.05 Å². The van der Waals surface area contributed by atoms with Crippen molar-refractivity contribution in [1.82, 2.24) is 24.5 Å². The fraction of sp³-hybridized carbons (Fsp3) is 0.115. The molecule has 180 valence electrons. The van der Waals surface area contributed by atoms with Gasteiger partial charge in [-0.3, -0.25) is 19.3 Å². The molecule has 3 aromatic heterocycles. The van der Waals surface area contributed by atoms with Crippen LogP contribution >= 0.6 is 0 Å². The minimum atomic E-state index is -0.290. The lowest BCUT2D eigenvalue weighted by Gasteiger charge is -2.11. The SMILES string of the molecule is Cn1cc(-c2ccc(=O)n(CCOc3ccnc4cc(C(=O)Nc5ccccc5N)ccc34)n2)cn1. The second kappa shape index (κ2) is 9.71. The number of anilines is 2. The zero-order valence-corrected chi connectivity index (χ0v) is 19.5. The van der Waals surface area contributed by atoms with Gasteiger partial charge in [-0.05, 0) is 42.5 Å². The van der Waals surface area contributed by atoms with Crippen LogP contribution in [0.1, 0.15) is 10.4 Å². The van der Waals surface area contributed by atoms with Gasteiger partial charge in [0.1, 0.15) is 12.4 Å². The molecule has 0 unspecified atom stereocenters. The van der Waals surface area contributed by atoms with E-state index in [0.29, 0.717) is 33.9 Å². The second-order valence-corrected chi connectivity index (χ2v) is 8.11. The van der Waals surface area contributed by atoms with Crippen LogP contribution in [0.2, 0.25) is 0 Å². The number of carbonyl (C=O) groups is 1. The van der Waals surface area contributed by atoms with Crippen LogP contribution in [0.15, 0.2) is 84.0 Å². The number of amides is 1. The molecule has 0 aliphatic heterocycles. The lowest BCUT2D eigenvalue weighted by atomic mass is 10.1. The highest BCUT2D eigenvalue weighted by Crippen LogP contribution is 2.26. The third-order valence-electron chi connectivity index (χ3n) is 5.60. The molecule has 0 bridgehead atoms. The van der Waals surface area contributed by atoms with Crippen LogP contribution in [0.25, 0.3) is 22.2 Å². The maximum absolute atomic E-state index is 12.7. The van der Waals surface area contributed by atoms with Gasteiger partial charge in [-0.1, -0.05) is 12.1 Å². The van der Waals surface area contributed by atoms with E-state index in [4.69, 9.17) is 10.5 Å². The van der Waals surface area contributed by atoms with Gasteiger partial charge in [0.2, 0.25) is 0 Å². The van der Waals surface area contributed by atoms with Gasteiger partial charge in [0.05, 0.1) is 35.3 Å². The van der Waals surface area contributed by atoms with Gasteiger partial charge < -0.3 is 15.8 Å². The van der Waals surface area contributed by atoms with Gasteiger partial charge >= 0.3 is 0 Å². The predicted molar refractivity (Wildman–Crippen MR) is 137 cm³/mol. The molecule has 10 nitrogen and oxygen atoms in total. The number of carbonyl (C=O) groups excluding carboxylic acids is 1. The number of nitrogen functional groups attached to an aromatic ring is 1. The van der Waals surface area contributed by atoms with E-state index < -0.39 is 0 Å². The highest BCUT2D eigenvalue weighted by atomic mass is 16.5. The largest absolute Gasteiger partial charge is 0.491 e. The first-order chi connectivity index (χ1) is 17.5. The van der Waals surface area contributed by atoms with Crippen LogP contribution in [0.3, 0.4) is 0 Å². The van der Waals surface area contributed by atoms with Crippen molar-refractivity contribution in [3.63, 3.8) is 0 Å². The van der Waals surface area contributed by atoms with E-state index in [1.165, 1.54) is 10.7 Å². The van der Waals surface area contributed by atoms with Crippen LogP contribution in [0, 0.1) is 0 Å². The number of fused-ring (bicyclic) bond motifs is 1. The number of benzene rings is 2. The Kier molecular flexibility index (Phi) is 6.14. The van der Waals surface area contributed by atoms with Crippen molar-refractivity contribution in [2.75, 3.05) is 17.7 Å². The maximum Gasteiger partial charge on any atom is 0.266 e. The van der Waals surface area contributed by atoms with Crippen LogP contribution in [-0.2, 0) is 13.6 Å². The van der Waals surface area contributed by atoms with E-state index in [-0.39, 0.29) is 24.6 Å². The van der Waals surface area contributed by atoms with E-state index in [9.17, 15) is 9.59 Å². The molecule has 3 heterocycles. The van der Waals surface area contributed by atoms with E-state index in [2.05, 4.69) is 20.5 Å². The zero-order chi connectivity index (χ0) is 25.1. The standard InChI is InChI=1S/C26H23N7O3/c1-32-16-18(15-29-32)21-8-9-25(34)33(31-21)12-13-36-24-10-11-28-23-14-17(6-7-19(23)24)26(35)30-22-5-3-2-4-20(22)27/h2-11,14-16H,12-13,27H2,1H3,(H,30,35). The zero-order valence-electron chi connectivity index (χ0n) is 19.5. The Morgan fingerprint density at radius 2 is 1.97 bits per heavy atom. The van der Waals surface area contributed by atoms with Gasteiger partial charge in [0.25, 0.3) is 11.5 Å². The smallest absolute Gasteiger partial charge is 0.266 e. The minimum absolute atomic E-state index is 0.220. The van der Waals surface area contributed by atoms with Crippen molar-refractivity contribution in [3.05, 3.63) is 95.2 Å². The summed E-state index contributed by atoms with van der Waals surface area (Å²) in [6.07, 6.45) is 5.14. The van der Waals surface area contributed by atoms with Gasteiger partial charge in [-0.25, -0.2) is 4.68 Å². The summed E-state index contributed by atoms with van der Waals surface area (Å²) in [7, 11) is 1.82. The first-order valence-corrected chi connectivity index (χ1v) is 11.2. The monoisotopic (exact) mass is 481 g/mol. The Labute approximate surface area is 206 Å². The number of nitrogens with two attached hydrogens (primary N) is 1. The minimum Gasteiger partial charge on any atom is -0.491 e. The fourth-order valence-electron chi connectivity index (χ4n) is 3.75. The Balaban J connectivity index is 1.30. The van der Waals surface area contributed by atoms with Crippen LogP contribution in [0.4, 0.5) is 11.4 Å². The molecule has 10 heteroatoms. The number of aryl methyl sites for hydroxylation is 1. The number of hydrogen-bond donors (Lipinski definition) is 2. The highest BCUT2D eigenvalue weighted by Gasteiger charge is 2.12. The van der Waals surface area contributed by atoms with E-state index in [1.807, 2.05) is 13.2 Å². The molecule has 5 rings (SSSR count). The van der Waals surface area contributed by atoms with Crippen molar-refractivity contribution in [2.45, 2.75) is 6.54 Å². The van der Waals surface area contributed by atoms with Crippen LogP contribution < -0.4 is 21.3 Å². The normalized spacial score (nSPS) is 10.9. The molecule has 2 aromatic carbocycles. The summed E-state index contributed by atoms with van der Waals surface area (Å²) in [6, 6.07) is 17.1. The third-order valence-corrected chi connectivity index (χ3v) is 5.60. The van der Waals surface area contributed by atoms with Crippen LogP contribution in [0.5, 0.6) is 5.75 Å². The van der Waals surface area contributed by atoms with E-state index in [0.717, 1.165) is 10.9 Å². The number of rotatable bonds is 7. The number of pyridine rings is 1. The second-order valence-electron chi connectivity index (χ2n) is 8.11. The van der Waals surface area contributed by atoms with Crippen molar-refractivity contribution in [3.8, 4) is 17.0 Å². The summed E-state index contributed by atoms with van der Waals surface area (Å²) < 4.78 is 9.01. The van der Waals surface area contributed by atoms with Crippen LogP contribution in [-0.4, -0.2) is 37.1 Å². The average Bonchev–Trinajstić information content (AvgIpc) is 3.32. The lowest BCUT2D eigenvalue weighted by molar-refractivity contribution is 0.102. The number of para-hydroxylation sites is 2. The number of nitrogens with one attached hydrogen (secondary N) is 1. The Morgan fingerprint density at radius 1 is 1.11 bits per heavy atom. The van der Waals surface area contributed by atoms with Gasteiger partial charge in [0.15, 0.2) is 0 Å². The molecule has 0 radical (unpaired) electrons. The molecule has 0 saturated heterocycles. The summed E-state index contributed by atoms with van der Waals surface area (Å²) in [6.45, 7) is 0.480. The summed E-state index contributed by atoms with van der Waals surface area (Å²) in [5.41, 5.74) is 9.25. The quantitative estimate of drug-likeness (QED) is 0.342. The molecule has 0 aliphatic rings. The highest BCUT2D eigenvalue weighted by molar-refractivity contribution is 6.07. The van der Waals surface area contributed by atoms with E-state index in [1.54, 1.807) is 71.7 Å². The number of hydrogen-bond acceptors (Lipinski definition) is 7. The molecule has 0 saturated carbocycles. The summed E-state index contributed by atoms with van der Waals surface area (Å²) in [5, 5.41) is 12.1.